The Hall–Kier alpha value is -2.76. The molecule has 0 aliphatic carbocycles. The molecule has 35 heavy (non-hydrogen) atoms. The molecule has 3 heterocycles. The molecule has 2 atom stereocenters. The fourth-order valence-corrected chi connectivity index (χ4v) is 8.08. The molecule has 3 aromatic rings. The topological polar surface area (TPSA) is 111 Å². The molecule has 1 aromatic carbocycles. The summed E-state index contributed by atoms with van der Waals surface area (Å²) in [5, 5.41) is 2.81. The Morgan fingerprint density at radius 2 is 1.91 bits per heavy atom. The lowest BCUT2D eigenvalue weighted by Gasteiger charge is -2.34. The first-order valence-electron chi connectivity index (χ1n) is 11.4. The summed E-state index contributed by atoms with van der Waals surface area (Å²) in [7, 11) is -2.39. The number of rotatable bonds is 6. The van der Waals surface area contributed by atoms with Gasteiger partial charge in [0.1, 0.15) is 22.0 Å². The minimum atomic E-state index is -3.90. The third kappa shape index (κ3) is 4.98. The Balaban J connectivity index is 1.69. The number of methoxy groups -OCH3 is 1. The van der Waals surface area contributed by atoms with Gasteiger partial charge in [0.2, 0.25) is 15.9 Å². The Morgan fingerprint density at radius 3 is 2.57 bits per heavy atom. The molecule has 0 unspecified atom stereocenters. The number of piperidine rings is 1. The van der Waals surface area contributed by atoms with Crippen LogP contribution in [-0.2, 0) is 21.4 Å². The normalized spacial score (nSPS) is 19.1. The van der Waals surface area contributed by atoms with Crippen molar-refractivity contribution in [3.05, 3.63) is 45.3 Å². The summed E-state index contributed by atoms with van der Waals surface area (Å²) in [4.78, 5) is 31.4. The highest BCUT2D eigenvalue weighted by molar-refractivity contribution is 7.89. The number of nitrogens with one attached hydrogen (secondary N) is 1. The van der Waals surface area contributed by atoms with E-state index in [0.29, 0.717) is 34.2 Å². The van der Waals surface area contributed by atoms with E-state index in [1.807, 2.05) is 26.8 Å². The van der Waals surface area contributed by atoms with Crippen LogP contribution >= 0.6 is 11.3 Å². The van der Waals surface area contributed by atoms with Crippen LogP contribution < -0.4 is 15.6 Å². The summed E-state index contributed by atoms with van der Waals surface area (Å²) in [6.45, 7) is 8.17. The number of fused-ring (bicyclic) bond motifs is 1. The van der Waals surface area contributed by atoms with Crippen molar-refractivity contribution in [1.82, 2.24) is 13.9 Å². The number of sulfonamides is 1. The number of hydrogen-bond donors (Lipinski definition) is 1. The van der Waals surface area contributed by atoms with Gasteiger partial charge in [-0.2, -0.15) is 4.31 Å². The number of carbonyl (C=O) groups excluding carboxylic acids is 1. The van der Waals surface area contributed by atoms with Crippen LogP contribution in [0.4, 0.5) is 5.69 Å². The van der Waals surface area contributed by atoms with E-state index in [-0.39, 0.29) is 28.7 Å². The van der Waals surface area contributed by atoms with Crippen molar-refractivity contribution in [2.45, 2.75) is 45.6 Å². The van der Waals surface area contributed by atoms with Crippen molar-refractivity contribution in [3.8, 4) is 5.75 Å². The minimum absolute atomic E-state index is 0.00594. The number of aryl methyl sites for hydroxylation is 2. The molecule has 9 nitrogen and oxygen atoms in total. The highest BCUT2D eigenvalue weighted by atomic mass is 32.2. The summed E-state index contributed by atoms with van der Waals surface area (Å²) in [5.41, 5.74) is 0.872. The molecule has 1 aliphatic heterocycles. The van der Waals surface area contributed by atoms with Crippen molar-refractivity contribution >= 4 is 43.2 Å². The van der Waals surface area contributed by atoms with Crippen LogP contribution in [0.2, 0.25) is 0 Å². The first-order chi connectivity index (χ1) is 16.5. The van der Waals surface area contributed by atoms with Crippen LogP contribution in [-0.4, -0.2) is 48.4 Å². The van der Waals surface area contributed by atoms with Crippen molar-refractivity contribution < 1.29 is 17.9 Å². The molecule has 4 rings (SSSR count). The highest BCUT2D eigenvalue weighted by Crippen LogP contribution is 2.35. The van der Waals surface area contributed by atoms with E-state index >= 15 is 0 Å². The molecular formula is C24H30N4O5S2. The highest BCUT2D eigenvalue weighted by Gasteiger charge is 2.35. The van der Waals surface area contributed by atoms with Crippen molar-refractivity contribution in [1.29, 1.82) is 0 Å². The Morgan fingerprint density at radius 1 is 1.23 bits per heavy atom. The van der Waals surface area contributed by atoms with E-state index in [0.717, 1.165) is 16.6 Å². The third-order valence-corrected chi connectivity index (χ3v) is 9.32. The summed E-state index contributed by atoms with van der Waals surface area (Å²) in [6, 6.07) is 5.38. The van der Waals surface area contributed by atoms with Gasteiger partial charge in [-0.3, -0.25) is 14.2 Å². The van der Waals surface area contributed by atoms with Crippen LogP contribution in [0.15, 0.2) is 34.2 Å². The molecule has 11 heteroatoms. The van der Waals surface area contributed by atoms with Gasteiger partial charge in [-0.25, -0.2) is 13.4 Å². The lowest BCUT2D eigenvalue weighted by molar-refractivity contribution is -0.116. The molecule has 2 aromatic heterocycles. The standard InChI is InChI=1S/C24H30N4O5S2/c1-14-6-7-19(33-5)18(9-14)26-20(29)12-27-13-25-23-21(24(27)30)22(17(4)34-23)35(31,32)28-10-15(2)8-16(3)11-28/h6-7,9,13,15-16H,8,10-12H2,1-5H3,(H,26,29)/t15-,16-/m1/s1. The number of hydrogen-bond acceptors (Lipinski definition) is 7. The number of benzene rings is 1. The maximum absolute atomic E-state index is 13.7. The lowest BCUT2D eigenvalue weighted by Crippen LogP contribution is -2.42. The second-order valence-electron chi connectivity index (χ2n) is 9.37. The maximum atomic E-state index is 13.7. The van der Waals surface area contributed by atoms with E-state index < -0.39 is 21.5 Å². The van der Waals surface area contributed by atoms with E-state index in [4.69, 9.17) is 4.74 Å². The monoisotopic (exact) mass is 518 g/mol. The predicted octanol–water partition coefficient (Wildman–Crippen LogP) is 3.39. The van der Waals surface area contributed by atoms with Crippen LogP contribution in [0, 0.1) is 25.7 Å². The first kappa shape index (κ1) is 25.3. The zero-order valence-electron chi connectivity index (χ0n) is 20.5. The van der Waals surface area contributed by atoms with Gasteiger partial charge in [-0.15, -0.1) is 11.3 Å². The maximum Gasteiger partial charge on any atom is 0.263 e. The van der Waals surface area contributed by atoms with Gasteiger partial charge >= 0.3 is 0 Å². The molecule has 0 spiro atoms. The van der Waals surface area contributed by atoms with Gasteiger partial charge < -0.3 is 10.1 Å². The fraction of sp³-hybridized carbons (Fsp3) is 0.458. The minimum Gasteiger partial charge on any atom is -0.495 e. The average molecular weight is 519 g/mol. The SMILES string of the molecule is COc1ccc(C)cc1NC(=O)Cn1cnc2sc(C)c(S(=O)(=O)N3C[C@H](C)C[C@@H](C)C3)c2c1=O. The van der Waals surface area contributed by atoms with Crippen LogP contribution in [0.25, 0.3) is 10.2 Å². The van der Waals surface area contributed by atoms with Crippen molar-refractivity contribution in [2.75, 3.05) is 25.5 Å². The molecule has 1 saturated heterocycles. The fourth-order valence-electron chi connectivity index (χ4n) is 4.73. The van der Waals surface area contributed by atoms with Crippen LogP contribution in [0.3, 0.4) is 0 Å². The van der Waals surface area contributed by atoms with Gasteiger partial charge in [0, 0.05) is 18.0 Å². The van der Waals surface area contributed by atoms with Crippen molar-refractivity contribution in [3.63, 3.8) is 0 Å². The molecule has 1 amide bonds. The molecule has 0 saturated carbocycles. The quantitative estimate of drug-likeness (QED) is 0.536. The predicted molar refractivity (Wildman–Crippen MR) is 137 cm³/mol. The smallest absolute Gasteiger partial charge is 0.263 e. The average Bonchev–Trinajstić information content (AvgIpc) is 3.12. The Bertz CT molecular complexity index is 1430. The van der Waals surface area contributed by atoms with Crippen LogP contribution in [0.5, 0.6) is 5.75 Å². The number of carbonyl (C=O) groups is 1. The summed E-state index contributed by atoms with van der Waals surface area (Å²) in [6.07, 6.45) is 2.25. The number of thiophene rings is 1. The number of aromatic nitrogens is 2. The van der Waals surface area contributed by atoms with Gasteiger partial charge in [0.05, 0.1) is 24.5 Å². The van der Waals surface area contributed by atoms with Gasteiger partial charge in [0.25, 0.3) is 5.56 Å². The molecule has 0 bridgehead atoms. The van der Waals surface area contributed by atoms with Crippen molar-refractivity contribution in [2.24, 2.45) is 11.8 Å². The van der Waals surface area contributed by atoms with Gasteiger partial charge in [0.15, 0.2) is 0 Å². The summed E-state index contributed by atoms with van der Waals surface area (Å²) < 4.78 is 35.3. The Labute approximate surface area is 208 Å². The largest absolute Gasteiger partial charge is 0.495 e. The van der Waals surface area contributed by atoms with Gasteiger partial charge in [-0.05, 0) is 49.8 Å². The first-order valence-corrected chi connectivity index (χ1v) is 13.7. The number of amides is 1. The van der Waals surface area contributed by atoms with E-state index in [1.54, 1.807) is 19.1 Å². The van der Waals surface area contributed by atoms with E-state index in [2.05, 4.69) is 10.3 Å². The molecule has 1 aliphatic rings. The van der Waals surface area contributed by atoms with Crippen LogP contribution in [0.1, 0.15) is 30.7 Å². The molecular weight excluding hydrogens is 488 g/mol. The molecule has 1 N–H and O–H groups in total. The number of nitrogens with zero attached hydrogens (tertiary/aromatic N) is 3. The number of ether oxygens (including phenoxy) is 1. The summed E-state index contributed by atoms with van der Waals surface area (Å²) in [5.74, 6) is 0.510. The number of anilines is 1. The van der Waals surface area contributed by atoms with E-state index in [1.165, 1.54) is 29.1 Å². The zero-order valence-corrected chi connectivity index (χ0v) is 22.1. The second kappa shape index (κ2) is 9.71. The second-order valence-corrected chi connectivity index (χ2v) is 12.4. The lowest BCUT2D eigenvalue weighted by atomic mass is 9.94. The Kier molecular flexibility index (Phi) is 7.03. The molecule has 0 radical (unpaired) electrons. The van der Waals surface area contributed by atoms with Gasteiger partial charge in [-0.1, -0.05) is 19.9 Å². The molecule has 188 valence electrons. The summed E-state index contributed by atoms with van der Waals surface area (Å²) >= 11 is 1.17. The van der Waals surface area contributed by atoms with E-state index in [9.17, 15) is 18.0 Å². The molecule has 1 fully saturated rings. The zero-order chi connectivity index (χ0) is 25.5. The third-order valence-electron chi connectivity index (χ3n) is 6.18.